The molecule has 0 atom stereocenters. The van der Waals surface area contributed by atoms with Crippen molar-refractivity contribution in [3.63, 3.8) is 0 Å². The van der Waals surface area contributed by atoms with E-state index in [2.05, 4.69) is 10.1 Å². The highest BCUT2D eigenvalue weighted by Gasteiger charge is 2.21. The third kappa shape index (κ3) is 2.15. The maximum Gasteiger partial charge on any atom is 0.312 e. The highest BCUT2D eigenvalue weighted by Crippen LogP contribution is 2.22. The van der Waals surface area contributed by atoms with Crippen LogP contribution in [0.1, 0.15) is 17.0 Å². The van der Waals surface area contributed by atoms with Gasteiger partial charge in [-0.3, -0.25) is 14.8 Å². The van der Waals surface area contributed by atoms with Crippen molar-refractivity contribution in [3.8, 4) is 0 Å². The number of hydrogen-bond donors (Lipinski definition) is 1. The molecule has 2 aromatic rings. The summed E-state index contributed by atoms with van der Waals surface area (Å²) >= 11 is 0. The third-order valence-corrected chi connectivity index (χ3v) is 2.70. The second kappa shape index (κ2) is 4.44. The molecule has 7 heteroatoms. The molecule has 0 spiro atoms. The number of nitrogen functional groups attached to an aromatic ring is 1. The van der Waals surface area contributed by atoms with Crippen LogP contribution in [-0.4, -0.2) is 19.7 Å². The molecule has 0 aliphatic heterocycles. The van der Waals surface area contributed by atoms with Gasteiger partial charge >= 0.3 is 5.69 Å². The Kier molecular flexibility index (Phi) is 2.97. The molecule has 0 unspecified atom stereocenters. The van der Waals surface area contributed by atoms with Crippen LogP contribution in [0.4, 0.5) is 11.5 Å². The number of rotatable bonds is 3. The lowest BCUT2D eigenvalue weighted by molar-refractivity contribution is -0.386. The number of nitrogens with zero attached hydrogens (tertiary/aromatic N) is 4. The maximum absolute atomic E-state index is 10.9. The van der Waals surface area contributed by atoms with Gasteiger partial charge in [-0.1, -0.05) is 0 Å². The third-order valence-electron chi connectivity index (χ3n) is 2.70. The quantitative estimate of drug-likeness (QED) is 0.653. The van der Waals surface area contributed by atoms with Gasteiger partial charge in [0.1, 0.15) is 17.2 Å². The Morgan fingerprint density at radius 3 is 2.78 bits per heavy atom. The fraction of sp³-hybridized carbons (Fsp3) is 0.273. The number of pyridine rings is 1. The van der Waals surface area contributed by atoms with E-state index in [-0.39, 0.29) is 5.69 Å². The maximum atomic E-state index is 10.9. The molecule has 0 aromatic carbocycles. The van der Waals surface area contributed by atoms with Crippen LogP contribution < -0.4 is 5.73 Å². The van der Waals surface area contributed by atoms with E-state index in [0.717, 1.165) is 5.56 Å². The Labute approximate surface area is 103 Å². The second-order valence-corrected chi connectivity index (χ2v) is 4.02. The zero-order chi connectivity index (χ0) is 13.3. The lowest BCUT2D eigenvalue weighted by atomic mass is 10.2. The molecule has 0 bridgehead atoms. The summed E-state index contributed by atoms with van der Waals surface area (Å²) in [6.07, 6.45) is 1.60. The molecule has 0 radical (unpaired) electrons. The molecule has 0 amide bonds. The predicted molar refractivity (Wildman–Crippen MR) is 66.1 cm³/mol. The molecular formula is C11H13N5O2. The molecule has 94 valence electrons. The van der Waals surface area contributed by atoms with Crippen LogP contribution in [-0.2, 0) is 6.54 Å². The van der Waals surface area contributed by atoms with E-state index < -0.39 is 4.92 Å². The number of aryl methyl sites for hydroxylation is 1. The Morgan fingerprint density at radius 1 is 1.50 bits per heavy atom. The zero-order valence-electron chi connectivity index (χ0n) is 10.1. The fourth-order valence-electron chi connectivity index (χ4n) is 1.87. The molecule has 18 heavy (non-hydrogen) atoms. The average Bonchev–Trinajstić information content (AvgIpc) is 2.54. The smallest absolute Gasteiger partial charge is 0.312 e. The van der Waals surface area contributed by atoms with Gasteiger partial charge in [0, 0.05) is 6.20 Å². The van der Waals surface area contributed by atoms with Gasteiger partial charge in [-0.05, 0) is 31.5 Å². The van der Waals surface area contributed by atoms with Crippen LogP contribution in [0.2, 0.25) is 0 Å². The number of nitro groups is 1. The molecule has 0 saturated heterocycles. The van der Waals surface area contributed by atoms with E-state index in [1.165, 1.54) is 0 Å². The average molecular weight is 247 g/mol. The molecular weight excluding hydrogens is 234 g/mol. The molecule has 0 aliphatic carbocycles. The number of aromatic nitrogens is 3. The first-order valence-corrected chi connectivity index (χ1v) is 5.38. The summed E-state index contributed by atoms with van der Waals surface area (Å²) < 4.78 is 1.60. The SMILES string of the molecule is Cc1nn(Cc2ccnc(N)c2)c(C)c1[N+](=O)[O-]. The van der Waals surface area contributed by atoms with Crippen LogP contribution >= 0.6 is 0 Å². The summed E-state index contributed by atoms with van der Waals surface area (Å²) in [5.41, 5.74) is 7.51. The Balaban J connectivity index is 2.36. The van der Waals surface area contributed by atoms with Crippen molar-refractivity contribution in [1.29, 1.82) is 0 Å². The predicted octanol–water partition coefficient (Wildman–Crippen LogP) is 1.43. The summed E-state index contributed by atoms with van der Waals surface area (Å²) in [7, 11) is 0. The van der Waals surface area contributed by atoms with Gasteiger partial charge in [-0.2, -0.15) is 5.10 Å². The minimum atomic E-state index is -0.408. The largest absolute Gasteiger partial charge is 0.384 e. The van der Waals surface area contributed by atoms with Crippen molar-refractivity contribution < 1.29 is 4.92 Å². The van der Waals surface area contributed by atoms with Crippen LogP contribution in [0.3, 0.4) is 0 Å². The summed E-state index contributed by atoms with van der Waals surface area (Å²) in [5, 5.41) is 15.1. The van der Waals surface area contributed by atoms with Gasteiger partial charge in [-0.25, -0.2) is 4.98 Å². The van der Waals surface area contributed by atoms with E-state index in [0.29, 0.717) is 23.8 Å². The molecule has 2 N–H and O–H groups in total. The van der Waals surface area contributed by atoms with Crippen molar-refractivity contribution in [1.82, 2.24) is 14.8 Å². The molecule has 2 aromatic heterocycles. The molecule has 2 heterocycles. The Bertz CT molecular complexity index is 605. The lowest BCUT2D eigenvalue weighted by Crippen LogP contribution is -2.05. The van der Waals surface area contributed by atoms with Gasteiger partial charge < -0.3 is 5.73 Å². The molecule has 0 saturated carbocycles. The van der Waals surface area contributed by atoms with Crippen molar-refractivity contribution in [2.24, 2.45) is 0 Å². The summed E-state index contributed by atoms with van der Waals surface area (Å²) in [6.45, 7) is 3.75. The van der Waals surface area contributed by atoms with Crippen molar-refractivity contribution >= 4 is 11.5 Å². The number of hydrogen-bond acceptors (Lipinski definition) is 5. The van der Waals surface area contributed by atoms with Crippen molar-refractivity contribution in [2.75, 3.05) is 5.73 Å². The highest BCUT2D eigenvalue weighted by molar-refractivity contribution is 5.40. The molecule has 0 fully saturated rings. The number of nitrogens with two attached hydrogens (primary N) is 1. The first-order chi connectivity index (χ1) is 8.49. The van der Waals surface area contributed by atoms with E-state index in [4.69, 9.17) is 5.73 Å². The van der Waals surface area contributed by atoms with E-state index >= 15 is 0 Å². The summed E-state index contributed by atoms with van der Waals surface area (Å²) in [6, 6.07) is 3.53. The molecule has 7 nitrogen and oxygen atoms in total. The minimum Gasteiger partial charge on any atom is -0.384 e. The molecule has 2 rings (SSSR count). The van der Waals surface area contributed by atoms with E-state index in [1.807, 2.05) is 0 Å². The van der Waals surface area contributed by atoms with E-state index in [1.54, 1.807) is 36.9 Å². The Hall–Kier alpha value is -2.44. The van der Waals surface area contributed by atoms with Gasteiger partial charge in [-0.15, -0.1) is 0 Å². The minimum absolute atomic E-state index is 0.0667. The zero-order valence-corrected chi connectivity index (χ0v) is 10.1. The first kappa shape index (κ1) is 12.0. The van der Waals surface area contributed by atoms with Crippen LogP contribution in [0.25, 0.3) is 0 Å². The Morgan fingerprint density at radius 2 is 2.22 bits per heavy atom. The highest BCUT2D eigenvalue weighted by atomic mass is 16.6. The van der Waals surface area contributed by atoms with Gasteiger partial charge in [0.25, 0.3) is 0 Å². The van der Waals surface area contributed by atoms with Crippen LogP contribution in [0.15, 0.2) is 18.3 Å². The summed E-state index contributed by atoms with van der Waals surface area (Å²) in [5.74, 6) is 0.420. The fourth-order valence-corrected chi connectivity index (χ4v) is 1.87. The normalized spacial score (nSPS) is 10.6. The standard InChI is InChI=1S/C11H13N5O2/c1-7-11(16(17)18)8(2)15(14-7)6-9-3-4-13-10(12)5-9/h3-5H,6H2,1-2H3,(H2,12,13). The summed E-state index contributed by atoms with van der Waals surface area (Å²) in [4.78, 5) is 14.4. The van der Waals surface area contributed by atoms with Gasteiger partial charge in [0.15, 0.2) is 0 Å². The first-order valence-electron chi connectivity index (χ1n) is 5.38. The van der Waals surface area contributed by atoms with Gasteiger partial charge in [0.05, 0.1) is 11.5 Å². The van der Waals surface area contributed by atoms with Crippen LogP contribution in [0, 0.1) is 24.0 Å². The number of anilines is 1. The van der Waals surface area contributed by atoms with Crippen molar-refractivity contribution in [2.45, 2.75) is 20.4 Å². The monoisotopic (exact) mass is 247 g/mol. The van der Waals surface area contributed by atoms with E-state index in [9.17, 15) is 10.1 Å². The topological polar surface area (TPSA) is 99.9 Å². The lowest BCUT2D eigenvalue weighted by Gasteiger charge is -2.04. The molecule has 0 aliphatic rings. The van der Waals surface area contributed by atoms with Crippen LogP contribution in [0.5, 0.6) is 0 Å². The van der Waals surface area contributed by atoms with Gasteiger partial charge in [0.2, 0.25) is 0 Å². The second-order valence-electron chi connectivity index (χ2n) is 4.02. The van der Waals surface area contributed by atoms with Crippen molar-refractivity contribution in [3.05, 3.63) is 45.4 Å².